The van der Waals surface area contributed by atoms with Crippen LogP contribution in [0.5, 0.6) is 5.88 Å². The zero-order chi connectivity index (χ0) is 18.9. The molecule has 1 aliphatic heterocycles. The average Bonchev–Trinajstić information content (AvgIpc) is 3.04. The Balaban J connectivity index is 0.00000364. The second kappa shape index (κ2) is 12.0. The first-order valence-electron chi connectivity index (χ1n) is 9.20. The third kappa shape index (κ3) is 6.51. The molecule has 0 bridgehead atoms. The summed E-state index contributed by atoms with van der Waals surface area (Å²) in [5, 5.41) is 3.36. The van der Waals surface area contributed by atoms with Crippen molar-refractivity contribution < 1.29 is 14.3 Å². The predicted molar refractivity (Wildman–Crippen MR) is 116 cm³/mol. The van der Waals surface area contributed by atoms with Gasteiger partial charge in [-0.2, -0.15) is 0 Å². The second-order valence-electron chi connectivity index (χ2n) is 6.58. The van der Waals surface area contributed by atoms with Crippen molar-refractivity contribution >= 4 is 35.9 Å². The minimum Gasteiger partial charge on any atom is -0.477 e. The number of nitrogens with zero attached hydrogens (tertiary/aromatic N) is 3. The summed E-state index contributed by atoms with van der Waals surface area (Å²) >= 11 is 0. The van der Waals surface area contributed by atoms with Gasteiger partial charge in [0.05, 0.1) is 19.6 Å². The average molecular weight is 490 g/mol. The molecule has 0 spiro atoms. The molecule has 2 rings (SSSR count). The molecule has 2 heterocycles. The van der Waals surface area contributed by atoms with Gasteiger partial charge < -0.3 is 19.7 Å². The molecular formula is C19H31IN4O3. The van der Waals surface area contributed by atoms with Gasteiger partial charge in [-0.3, -0.25) is 9.79 Å². The minimum atomic E-state index is -0.158. The maximum absolute atomic E-state index is 11.9. The highest BCUT2D eigenvalue weighted by atomic mass is 127. The fourth-order valence-electron chi connectivity index (χ4n) is 3.11. The Kier molecular flexibility index (Phi) is 10.4. The standard InChI is InChI=1S/C19H30N4O3.HI/c1-5-6-10-26-17-15(8-7-9-21-17)11-22-19(20-3)23-12-14(2)16(13-23)18(24)25-4;/h7-9,14,16H,5-6,10-13H2,1-4H3,(H,20,22);1H. The smallest absolute Gasteiger partial charge is 0.310 e. The molecule has 27 heavy (non-hydrogen) atoms. The van der Waals surface area contributed by atoms with E-state index < -0.39 is 0 Å². The van der Waals surface area contributed by atoms with E-state index in [2.05, 4.69) is 34.0 Å². The third-order valence-electron chi connectivity index (χ3n) is 4.65. The molecule has 0 aromatic carbocycles. The number of hydrogen-bond acceptors (Lipinski definition) is 5. The van der Waals surface area contributed by atoms with E-state index in [-0.39, 0.29) is 41.8 Å². The number of ether oxygens (including phenoxy) is 2. The van der Waals surface area contributed by atoms with Crippen LogP contribution in [-0.2, 0) is 16.1 Å². The lowest BCUT2D eigenvalue weighted by molar-refractivity contribution is -0.145. The Hall–Kier alpha value is -1.58. The number of unbranched alkanes of at least 4 members (excludes halogenated alkanes) is 1. The lowest BCUT2D eigenvalue weighted by atomic mass is 9.99. The summed E-state index contributed by atoms with van der Waals surface area (Å²) < 4.78 is 10.7. The molecule has 1 fully saturated rings. The van der Waals surface area contributed by atoms with Crippen LogP contribution in [0.2, 0.25) is 0 Å². The van der Waals surface area contributed by atoms with Gasteiger partial charge in [0.25, 0.3) is 0 Å². The maximum atomic E-state index is 11.9. The van der Waals surface area contributed by atoms with Gasteiger partial charge in [-0.05, 0) is 18.4 Å². The fraction of sp³-hybridized carbons (Fsp3) is 0.632. The zero-order valence-electron chi connectivity index (χ0n) is 16.6. The van der Waals surface area contributed by atoms with Gasteiger partial charge in [-0.15, -0.1) is 24.0 Å². The summed E-state index contributed by atoms with van der Waals surface area (Å²) in [6, 6.07) is 3.90. The van der Waals surface area contributed by atoms with Gasteiger partial charge in [0.1, 0.15) is 0 Å². The van der Waals surface area contributed by atoms with Gasteiger partial charge in [-0.25, -0.2) is 4.98 Å². The van der Waals surface area contributed by atoms with E-state index in [0.29, 0.717) is 25.6 Å². The normalized spacial score (nSPS) is 19.4. The number of aromatic nitrogens is 1. The van der Waals surface area contributed by atoms with Crippen molar-refractivity contribution in [1.29, 1.82) is 0 Å². The van der Waals surface area contributed by atoms with Crippen LogP contribution >= 0.6 is 24.0 Å². The van der Waals surface area contributed by atoms with Crippen LogP contribution < -0.4 is 10.1 Å². The van der Waals surface area contributed by atoms with Crippen LogP contribution in [0, 0.1) is 11.8 Å². The molecule has 7 nitrogen and oxygen atoms in total. The van der Waals surface area contributed by atoms with Crippen molar-refractivity contribution in [1.82, 2.24) is 15.2 Å². The molecule has 1 saturated heterocycles. The summed E-state index contributed by atoms with van der Waals surface area (Å²) in [6.07, 6.45) is 3.83. The second-order valence-corrected chi connectivity index (χ2v) is 6.58. The van der Waals surface area contributed by atoms with Gasteiger partial charge in [-0.1, -0.05) is 26.3 Å². The Morgan fingerprint density at radius 3 is 2.89 bits per heavy atom. The molecule has 8 heteroatoms. The number of methoxy groups -OCH3 is 1. The third-order valence-corrected chi connectivity index (χ3v) is 4.65. The van der Waals surface area contributed by atoms with Gasteiger partial charge in [0.2, 0.25) is 5.88 Å². The van der Waals surface area contributed by atoms with Crippen LogP contribution in [0.3, 0.4) is 0 Å². The monoisotopic (exact) mass is 490 g/mol. The fourth-order valence-corrected chi connectivity index (χ4v) is 3.11. The molecule has 1 aromatic heterocycles. The molecule has 1 N–H and O–H groups in total. The number of carbonyl (C=O) groups excluding carboxylic acids is 1. The topological polar surface area (TPSA) is 76.0 Å². The quantitative estimate of drug-likeness (QED) is 0.208. The number of carbonyl (C=O) groups is 1. The minimum absolute atomic E-state index is 0. The van der Waals surface area contributed by atoms with Crippen molar-refractivity contribution in [2.75, 3.05) is 33.9 Å². The van der Waals surface area contributed by atoms with Crippen LogP contribution in [0.25, 0.3) is 0 Å². The van der Waals surface area contributed by atoms with Crippen molar-refractivity contribution in [3.63, 3.8) is 0 Å². The highest BCUT2D eigenvalue weighted by Crippen LogP contribution is 2.24. The number of rotatable bonds is 7. The first-order valence-corrected chi connectivity index (χ1v) is 9.20. The largest absolute Gasteiger partial charge is 0.477 e. The van der Waals surface area contributed by atoms with Crippen LogP contribution in [-0.4, -0.2) is 55.7 Å². The van der Waals surface area contributed by atoms with E-state index in [1.54, 1.807) is 13.2 Å². The number of halogens is 1. The molecular weight excluding hydrogens is 459 g/mol. The first-order chi connectivity index (χ1) is 12.6. The van der Waals surface area contributed by atoms with Crippen molar-refractivity contribution in [2.45, 2.75) is 33.2 Å². The summed E-state index contributed by atoms with van der Waals surface area (Å²) in [7, 11) is 3.19. The predicted octanol–water partition coefficient (Wildman–Crippen LogP) is 2.69. The maximum Gasteiger partial charge on any atom is 0.310 e. The van der Waals surface area contributed by atoms with Crippen LogP contribution in [0.1, 0.15) is 32.3 Å². The lowest BCUT2D eigenvalue weighted by Gasteiger charge is -2.22. The number of hydrogen-bond donors (Lipinski definition) is 1. The molecule has 0 saturated carbocycles. The Morgan fingerprint density at radius 2 is 2.22 bits per heavy atom. The van der Waals surface area contributed by atoms with Crippen molar-refractivity contribution in [3.8, 4) is 5.88 Å². The summed E-state index contributed by atoms with van der Waals surface area (Å²) in [5.41, 5.74) is 0.988. The van der Waals surface area contributed by atoms with E-state index >= 15 is 0 Å². The number of esters is 1. The highest BCUT2D eigenvalue weighted by Gasteiger charge is 2.36. The van der Waals surface area contributed by atoms with Gasteiger partial charge in [0, 0.05) is 38.4 Å². The van der Waals surface area contributed by atoms with Gasteiger partial charge >= 0.3 is 5.97 Å². The summed E-state index contributed by atoms with van der Waals surface area (Å²) in [4.78, 5) is 22.7. The molecule has 2 unspecified atom stereocenters. The van der Waals surface area contributed by atoms with Crippen LogP contribution in [0.4, 0.5) is 0 Å². The molecule has 0 radical (unpaired) electrons. The molecule has 152 valence electrons. The van der Waals surface area contributed by atoms with E-state index in [9.17, 15) is 4.79 Å². The number of pyridine rings is 1. The SMILES string of the molecule is CCCCOc1ncccc1CNC(=NC)N1CC(C)C(C(=O)OC)C1.I. The molecule has 1 aromatic rings. The van der Waals surface area contributed by atoms with Crippen LogP contribution in [0.15, 0.2) is 23.3 Å². The van der Waals surface area contributed by atoms with E-state index in [1.165, 1.54) is 7.11 Å². The number of aliphatic imine (C=N–C) groups is 1. The number of nitrogens with one attached hydrogen (secondary N) is 1. The summed E-state index contributed by atoms with van der Waals surface area (Å²) in [5.74, 6) is 1.38. The molecule has 0 aliphatic carbocycles. The first kappa shape index (κ1) is 23.5. The molecule has 1 aliphatic rings. The van der Waals surface area contributed by atoms with E-state index in [4.69, 9.17) is 9.47 Å². The van der Waals surface area contributed by atoms with E-state index in [1.807, 2.05) is 12.1 Å². The number of guanidine groups is 1. The summed E-state index contributed by atoms with van der Waals surface area (Å²) in [6.45, 7) is 6.81. The highest BCUT2D eigenvalue weighted by molar-refractivity contribution is 14.0. The molecule has 2 atom stereocenters. The zero-order valence-corrected chi connectivity index (χ0v) is 18.9. The Labute approximate surface area is 178 Å². The van der Waals surface area contributed by atoms with Gasteiger partial charge in [0.15, 0.2) is 5.96 Å². The Morgan fingerprint density at radius 1 is 1.44 bits per heavy atom. The number of likely N-dealkylation sites (tertiary alicyclic amines) is 1. The van der Waals surface area contributed by atoms with E-state index in [0.717, 1.165) is 30.9 Å². The van der Waals surface area contributed by atoms with Crippen molar-refractivity contribution in [3.05, 3.63) is 23.9 Å². The van der Waals surface area contributed by atoms with Crippen molar-refractivity contribution in [2.24, 2.45) is 16.8 Å². The lowest BCUT2D eigenvalue weighted by Crippen LogP contribution is -2.40. The molecule has 0 amide bonds. The Bertz CT molecular complexity index is 627.